The third-order valence-corrected chi connectivity index (χ3v) is 16.2. The fraction of sp³-hybridized carbons (Fsp3) is 0.208. The van der Waals surface area contributed by atoms with Crippen molar-refractivity contribution in [3.63, 3.8) is 0 Å². The smallest absolute Gasteiger partial charge is 0.355 e. The largest absolute Gasteiger partial charge is 0.497 e. The van der Waals surface area contributed by atoms with Gasteiger partial charge in [0.1, 0.15) is 35.0 Å². The number of amides is 2. The van der Waals surface area contributed by atoms with Gasteiger partial charge in [0, 0.05) is 36.9 Å². The van der Waals surface area contributed by atoms with Crippen molar-refractivity contribution in [3.05, 3.63) is 172 Å². The number of anilines is 3. The van der Waals surface area contributed by atoms with Crippen LogP contribution in [-0.4, -0.2) is 76.9 Å². The minimum absolute atomic E-state index is 0.0674. The van der Waals surface area contributed by atoms with E-state index in [0.29, 0.717) is 38.7 Å². The summed E-state index contributed by atoms with van der Waals surface area (Å²) in [6.45, 7) is -0.0735. The minimum Gasteiger partial charge on any atom is -0.497 e. The van der Waals surface area contributed by atoms with E-state index in [9.17, 15) is 18.9 Å². The Morgan fingerprint density at radius 3 is 2.09 bits per heavy atom. The Hall–Kier alpha value is -6.47. The number of nitrogens with one attached hydrogen (secondary N) is 2. The fourth-order valence-corrected chi connectivity index (χ4v) is 12.0. The van der Waals surface area contributed by atoms with Crippen molar-refractivity contribution in [1.82, 2.24) is 20.2 Å². The number of methoxy groups -OCH3 is 1. The molecule has 0 spiro atoms. The van der Waals surface area contributed by atoms with Gasteiger partial charge in [-0.15, -0.1) is 23.1 Å². The highest BCUT2D eigenvalue weighted by molar-refractivity contribution is 8.01. The van der Waals surface area contributed by atoms with Crippen LogP contribution in [-0.2, 0) is 51.9 Å². The second kappa shape index (κ2) is 20.8. The first-order valence-electron chi connectivity index (χ1n) is 21.0. The van der Waals surface area contributed by atoms with E-state index >= 15 is 0 Å². The molecule has 4 heterocycles. The molecule has 0 radical (unpaired) electrons. The lowest BCUT2D eigenvalue weighted by atomic mass is 9.77. The first kappa shape index (κ1) is 48.0. The number of hydrogen-bond acceptors (Lipinski definition) is 16. The minimum atomic E-state index is -4.00. The summed E-state index contributed by atoms with van der Waals surface area (Å²) in [5.41, 5.74) is 15.4. The van der Waals surface area contributed by atoms with E-state index in [1.165, 1.54) is 54.0 Å². The fourth-order valence-electron chi connectivity index (χ4n) is 7.77. The van der Waals surface area contributed by atoms with Gasteiger partial charge in [-0.25, -0.2) is 14.3 Å². The molecule has 8 rings (SSSR count). The quantitative estimate of drug-likeness (QED) is 0.0100. The summed E-state index contributed by atoms with van der Waals surface area (Å²) in [5.74, 6) is 0.896. The highest BCUT2D eigenvalue weighted by atomic mass is 32.2. The molecule has 350 valence electrons. The zero-order valence-electron chi connectivity index (χ0n) is 37.4. The zero-order chi connectivity index (χ0) is 48.0. The summed E-state index contributed by atoms with van der Waals surface area (Å²) >= 11 is 3.90. The molecule has 0 bridgehead atoms. The summed E-state index contributed by atoms with van der Waals surface area (Å²) in [7, 11) is 1.72. The molecule has 0 aliphatic carbocycles. The van der Waals surface area contributed by atoms with E-state index in [0.717, 1.165) is 22.5 Å². The van der Waals surface area contributed by atoms with Crippen molar-refractivity contribution < 1.29 is 42.0 Å². The molecule has 4 aromatic carbocycles. The third kappa shape index (κ3) is 9.90. The lowest BCUT2D eigenvalue weighted by Crippen LogP contribution is -2.70. The molecule has 6 N–H and O–H groups in total. The molecule has 6 aromatic rings. The molecule has 2 amide bonds. The van der Waals surface area contributed by atoms with E-state index in [1.807, 2.05) is 91.0 Å². The van der Waals surface area contributed by atoms with Crippen LogP contribution in [0.25, 0.3) is 5.57 Å². The molecular weight excluding hydrogens is 944 g/mol. The van der Waals surface area contributed by atoms with Crippen molar-refractivity contribution in [3.8, 4) is 5.75 Å². The number of esters is 1. The highest BCUT2D eigenvalue weighted by Crippen LogP contribution is 2.51. The molecule has 20 heteroatoms. The van der Waals surface area contributed by atoms with Crippen LogP contribution in [0.5, 0.6) is 5.75 Å². The van der Waals surface area contributed by atoms with Gasteiger partial charge in [-0.05, 0) is 51.7 Å². The Balaban J connectivity index is 1.09. The Bertz CT molecular complexity index is 2820. The number of thioether (sulfide) groups is 2. The topological polar surface area (TPSA) is 214 Å². The van der Waals surface area contributed by atoms with E-state index in [4.69, 9.17) is 35.0 Å². The molecule has 68 heavy (non-hydrogen) atoms. The standard InChI is InChI=1S/C48H47N8O8PS3/c1-55-39(50)24-38(49)52-47(55)68-28-31-27-66-44-40(43(58)56(44)41(31)45(59)64-25-30-20-22-35(61-2)23-21-30)53-42(57)36(26-65(60,62-3)63-4)37-29-67-46(51-37)54-48(32-14-8-5-9-15-32,33-16-10-6-11-17-33)34-18-12-7-13-19-34/h5-24,26,29,40,44H,25,27-28H2,1-4H3,(H5,49,50,51,53,54,57)/p+1/b36-26-/t40-,44-/m1/s1. The van der Waals surface area contributed by atoms with Crippen LogP contribution in [0.15, 0.2) is 149 Å². The summed E-state index contributed by atoms with van der Waals surface area (Å²) in [4.78, 5) is 53.7. The van der Waals surface area contributed by atoms with E-state index in [-0.39, 0.29) is 35.1 Å². The number of thiazole rings is 1. The van der Waals surface area contributed by atoms with Crippen molar-refractivity contribution in [1.29, 1.82) is 0 Å². The van der Waals surface area contributed by atoms with Crippen molar-refractivity contribution >= 4 is 82.6 Å². The number of rotatable bonds is 18. The molecule has 0 unspecified atom stereocenters. The number of carbonyl (C=O) groups is 3. The molecule has 2 aliphatic rings. The average molecular weight is 992 g/mol. The van der Waals surface area contributed by atoms with Gasteiger partial charge in [-0.3, -0.25) is 19.1 Å². The third-order valence-electron chi connectivity index (χ3n) is 11.4. The van der Waals surface area contributed by atoms with E-state index in [2.05, 4.69) is 15.6 Å². The molecule has 16 nitrogen and oxygen atoms in total. The number of fused-ring (bicyclic) bond motifs is 1. The van der Waals surface area contributed by atoms with Crippen LogP contribution in [0.2, 0.25) is 0 Å². The van der Waals surface area contributed by atoms with Crippen molar-refractivity contribution in [2.45, 2.75) is 28.7 Å². The predicted molar refractivity (Wildman–Crippen MR) is 264 cm³/mol. The van der Waals surface area contributed by atoms with Crippen LogP contribution in [0.1, 0.15) is 27.9 Å². The maximum Gasteiger partial charge on any atom is 0.355 e. The number of nitrogens with zero attached hydrogens (tertiary/aromatic N) is 4. The number of aromatic nitrogens is 3. The number of ether oxygens (including phenoxy) is 2. The van der Waals surface area contributed by atoms with Crippen LogP contribution >= 0.6 is 42.5 Å². The Morgan fingerprint density at radius 1 is 0.912 bits per heavy atom. The number of hydrogen-bond donors (Lipinski definition) is 4. The summed E-state index contributed by atoms with van der Waals surface area (Å²) in [5, 5.41) is 8.46. The first-order chi connectivity index (χ1) is 32.9. The number of nitrogen functional groups attached to an aromatic ring is 2. The Morgan fingerprint density at radius 2 is 1.51 bits per heavy atom. The Kier molecular flexibility index (Phi) is 14.7. The molecule has 2 aromatic heterocycles. The van der Waals surface area contributed by atoms with Gasteiger partial charge < -0.3 is 40.6 Å². The van der Waals surface area contributed by atoms with Crippen LogP contribution in [0, 0.1) is 0 Å². The van der Waals surface area contributed by atoms with Crippen molar-refractivity contribution in [2.24, 2.45) is 7.05 Å². The van der Waals surface area contributed by atoms with E-state index < -0.39 is 42.3 Å². The first-order valence-corrected chi connectivity index (χ1v) is 25.6. The second-order valence-corrected chi connectivity index (χ2v) is 20.4. The van der Waals surface area contributed by atoms with Crippen LogP contribution in [0.3, 0.4) is 0 Å². The van der Waals surface area contributed by atoms with Gasteiger partial charge in [0.2, 0.25) is 11.6 Å². The number of carbonyl (C=O) groups excluding carboxylic acids is 3. The van der Waals surface area contributed by atoms with Gasteiger partial charge in [0.05, 0.1) is 31.5 Å². The van der Waals surface area contributed by atoms with Crippen molar-refractivity contribution in [2.75, 3.05) is 49.6 Å². The number of β-lactam (4-membered cyclic amide) rings is 1. The van der Waals surface area contributed by atoms with Crippen LogP contribution in [0.4, 0.5) is 16.8 Å². The lowest BCUT2D eigenvalue weighted by molar-refractivity contribution is -0.698. The molecule has 1 saturated heterocycles. The molecule has 2 atom stereocenters. The number of nitrogens with two attached hydrogens (primary N) is 2. The van der Waals surface area contributed by atoms with Gasteiger partial charge in [0.25, 0.3) is 11.8 Å². The molecular formula is C48H48N8O8PS3+. The maximum atomic E-state index is 14.6. The second-order valence-electron chi connectivity index (χ2n) is 15.4. The molecule has 2 aliphatic heterocycles. The van der Waals surface area contributed by atoms with Gasteiger partial charge in [-0.2, -0.15) is 0 Å². The van der Waals surface area contributed by atoms with Gasteiger partial charge >= 0.3 is 18.7 Å². The monoisotopic (exact) mass is 991 g/mol. The summed E-state index contributed by atoms with van der Waals surface area (Å²) in [6, 6.07) is 37.4. The van der Waals surface area contributed by atoms with Gasteiger partial charge in [0.15, 0.2) is 5.13 Å². The maximum absolute atomic E-state index is 14.6. The molecule has 1 fully saturated rings. The predicted octanol–water partition coefficient (Wildman–Crippen LogP) is 6.96. The summed E-state index contributed by atoms with van der Waals surface area (Å²) in [6.07, 6.45) is 0. The van der Waals surface area contributed by atoms with Gasteiger partial charge in [-0.1, -0.05) is 108 Å². The normalized spacial score (nSPS) is 16.1. The lowest BCUT2D eigenvalue weighted by Gasteiger charge is -2.49. The van der Waals surface area contributed by atoms with Crippen LogP contribution < -0.4 is 31.4 Å². The Labute approximate surface area is 405 Å². The number of benzene rings is 4. The molecule has 0 saturated carbocycles. The summed E-state index contributed by atoms with van der Waals surface area (Å²) < 4.78 is 37.0. The zero-order valence-corrected chi connectivity index (χ0v) is 40.7. The highest BCUT2D eigenvalue weighted by Gasteiger charge is 2.55. The van der Waals surface area contributed by atoms with E-state index in [1.54, 1.807) is 54.4 Å². The average Bonchev–Trinajstić information content (AvgIpc) is 3.84. The SMILES string of the molecule is COc1ccc(COC(=O)C2=C(CSc3nc(N)cc(N)[n+]3C)CS[C@@H]3[C@H](NC(=O)/C(=C\P(=O)(OC)OC)c4csc(NC(c5ccccc5)(c5ccccc5)c5ccccc5)n4)C(=O)N23)cc1.